The van der Waals surface area contributed by atoms with Crippen molar-refractivity contribution in [2.24, 2.45) is 0 Å². The molecule has 2 aromatic rings. The molecule has 106 valence electrons. The van der Waals surface area contributed by atoms with Crippen LogP contribution in [0.5, 0.6) is 0 Å². The van der Waals surface area contributed by atoms with Crippen LogP contribution < -0.4 is 10.5 Å². The Bertz CT molecular complexity index is 766. The van der Waals surface area contributed by atoms with Crippen molar-refractivity contribution < 1.29 is 17.2 Å². The molecule has 0 aromatic heterocycles. The zero-order valence-electron chi connectivity index (χ0n) is 9.90. The van der Waals surface area contributed by atoms with E-state index in [0.29, 0.717) is 10.5 Å². The monoisotopic (exact) mass is 362 g/mol. The maximum Gasteiger partial charge on any atom is 0.265 e. The van der Waals surface area contributed by atoms with Gasteiger partial charge in [-0.15, -0.1) is 0 Å². The summed E-state index contributed by atoms with van der Waals surface area (Å²) in [6.07, 6.45) is 0. The highest BCUT2D eigenvalue weighted by molar-refractivity contribution is 9.10. The van der Waals surface area contributed by atoms with Gasteiger partial charge in [-0.05, 0) is 30.3 Å². The Hall–Kier alpha value is -1.67. The van der Waals surface area contributed by atoms with Gasteiger partial charge in [0.1, 0.15) is 4.90 Å². The highest BCUT2D eigenvalue weighted by Gasteiger charge is 2.22. The molecular weight excluding hydrogens is 354 g/mol. The molecule has 0 heterocycles. The van der Waals surface area contributed by atoms with Crippen molar-refractivity contribution >= 4 is 37.3 Å². The van der Waals surface area contributed by atoms with Gasteiger partial charge >= 0.3 is 0 Å². The quantitative estimate of drug-likeness (QED) is 0.824. The number of hydrogen-bond acceptors (Lipinski definition) is 3. The molecular formula is C12H9BrF2N2O2S. The summed E-state index contributed by atoms with van der Waals surface area (Å²) in [7, 11) is -4.27. The van der Waals surface area contributed by atoms with Gasteiger partial charge < -0.3 is 5.73 Å². The predicted octanol–water partition coefficient (Wildman–Crippen LogP) is 3.11. The first-order valence-corrected chi connectivity index (χ1v) is 7.60. The first kappa shape index (κ1) is 14.7. The van der Waals surface area contributed by atoms with Gasteiger partial charge in [-0.3, -0.25) is 4.72 Å². The van der Waals surface area contributed by atoms with Crippen molar-refractivity contribution in [2.45, 2.75) is 4.90 Å². The Kier molecular flexibility index (Phi) is 3.96. The fourth-order valence-corrected chi connectivity index (χ4v) is 3.11. The van der Waals surface area contributed by atoms with Crippen LogP contribution in [0.1, 0.15) is 0 Å². The van der Waals surface area contributed by atoms with E-state index in [1.54, 1.807) is 12.1 Å². The van der Waals surface area contributed by atoms with Gasteiger partial charge in [0.2, 0.25) is 0 Å². The largest absolute Gasteiger partial charge is 0.399 e. The number of anilines is 2. The van der Waals surface area contributed by atoms with E-state index in [0.717, 1.165) is 6.07 Å². The van der Waals surface area contributed by atoms with E-state index in [4.69, 9.17) is 5.73 Å². The lowest BCUT2D eigenvalue weighted by atomic mass is 10.3. The SMILES string of the molecule is Nc1cc(F)c(F)c(S(=O)(=O)Nc2cccc(Br)c2)c1. The van der Waals surface area contributed by atoms with E-state index in [-0.39, 0.29) is 11.4 Å². The van der Waals surface area contributed by atoms with Crippen LogP contribution in [0.4, 0.5) is 20.2 Å². The third kappa shape index (κ3) is 3.07. The summed E-state index contributed by atoms with van der Waals surface area (Å²) in [5, 5.41) is 0. The van der Waals surface area contributed by atoms with Gasteiger partial charge in [-0.2, -0.15) is 0 Å². The Morgan fingerprint density at radius 2 is 1.85 bits per heavy atom. The summed E-state index contributed by atoms with van der Waals surface area (Å²) in [6, 6.07) is 7.82. The Balaban J connectivity index is 2.46. The highest BCUT2D eigenvalue weighted by atomic mass is 79.9. The van der Waals surface area contributed by atoms with Crippen LogP contribution in [-0.2, 0) is 10.0 Å². The molecule has 0 saturated heterocycles. The number of halogens is 3. The lowest BCUT2D eigenvalue weighted by Crippen LogP contribution is -2.15. The topological polar surface area (TPSA) is 72.2 Å². The second-order valence-corrected chi connectivity index (χ2v) is 6.50. The van der Waals surface area contributed by atoms with Crippen molar-refractivity contribution in [3.8, 4) is 0 Å². The van der Waals surface area contributed by atoms with Crippen LogP contribution >= 0.6 is 15.9 Å². The molecule has 2 aromatic carbocycles. The molecule has 0 fully saturated rings. The summed E-state index contributed by atoms with van der Waals surface area (Å²) in [4.78, 5) is -0.838. The standard InChI is InChI=1S/C12H9BrF2N2O2S/c13-7-2-1-3-9(4-7)17-20(18,19)11-6-8(16)5-10(14)12(11)15/h1-6,17H,16H2. The van der Waals surface area contributed by atoms with E-state index in [1.807, 2.05) is 0 Å². The Morgan fingerprint density at radius 1 is 1.15 bits per heavy atom. The zero-order chi connectivity index (χ0) is 14.9. The molecule has 0 spiro atoms. The normalized spacial score (nSPS) is 11.3. The van der Waals surface area contributed by atoms with Crippen LogP contribution in [0.25, 0.3) is 0 Å². The second-order valence-electron chi connectivity index (χ2n) is 3.93. The second kappa shape index (κ2) is 5.37. The molecule has 0 saturated carbocycles. The maximum absolute atomic E-state index is 13.6. The van der Waals surface area contributed by atoms with E-state index >= 15 is 0 Å². The third-order valence-corrected chi connectivity index (χ3v) is 4.26. The fourth-order valence-electron chi connectivity index (χ4n) is 1.54. The van der Waals surface area contributed by atoms with Gasteiger partial charge in [-0.1, -0.05) is 22.0 Å². The number of rotatable bonds is 3. The van der Waals surface area contributed by atoms with Gasteiger partial charge in [0.25, 0.3) is 10.0 Å². The molecule has 3 N–H and O–H groups in total. The minimum Gasteiger partial charge on any atom is -0.399 e. The third-order valence-electron chi connectivity index (χ3n) is 2.38. The van der Waals surface area contributed by atoms with Crippen LogP contribution in [0, 0.1) is 11.6 Å². The van der Waals surface area contributed by atoms with Crippen LogP contribution in [-0.4, -0.2) is 8.42 Å². The van der Waals surface area contributed by atoms with Crippen LogP contribution in [0.15, 0.2) is 45.8 Å². The molecule has 2 rings (SSSR count). The number of nitrogen functional groups attached to an aromatic ring is 1. The first-order valence-electron chi connectivity index (χ1n) is 5.32. The van der Waals surface area contributed by atoms with Crippen LogP contribution in [0.2, 0.25) is 0 Å². The van der Waals surface area contributed by atoms with Gasteiger partial charge in [0, 0.05) is 15.8 Å². The molecule has 0 atom stereocenters. The molecule has 0 unspecified atom stereocenters. The Morgan fingerprint density at radius 3 is 2.50 bits per heavy atom. The molecule has 4 nitrogen and oxygen atoms in total. The number of benzene rings is 2. The lowest BCUT2D eigenvalue weighted by Gasteiger charge is -2.10. The molecule has 0 aliphatic heterocycles. The number of nitrogens with two attached hydrogens (primary N) is 1. The van der Waals surface area contributed by atoms with Crippen molar-refractivity contribution in [1.82, 2.24) is 0 Å². The minimum absolute atomic E-state index is 0.182. The first-order chi connectivity index (χ1) is 9.29. The Labute approximate surface area is 122 Å². The van der Waals surface area contributed by atoms with Gasteiger partial charge in [0.15, 0.2) is 11.6 Å². The highest BCUT2D eigenvalue weighted by Crippen LogP contribution is 2.24. The van der Waals surface area contributed by atoms with Gasteiger partial charge in [0.05, 0.1) is 0 Å². The molecule has 20 heavy (non-hydrogen) atoms. The van der Waals surface area contributed by atoms with E-state index in [1.165, 1.54) is 12.1 Å². The number of hydrogen-bond donors (Lipinski definition) is 2. The maximum atomic E-state index is 13.6. The summed E-state index contributed by atoms with van der Waals surface area (Å²) in [6.45, 7) is 0. The van der Waals surface area contributed by atoms with E-state index < -0.39 is 26.6 Å². The average Bonchev–Trinajstić information content (AvgIpc) is 2.33. The van der Waals surface area contributed by atoms with Crippen molar-refractivity contribution in [3.05, 3.63) is 52.5 Å². The fraction of sp³-hybridized carbons (Fsp3) is 0. The molecule has 8 heteroatoms. The summed E-state index contributed by atoms with van der Waals surface area (Å²) >= 11 is 3.17. The molecule has 0 aliphatic rings. The lowest BCUT2D eigenvalue weighted by molar-refractivity contribution is 0.486. The molecule has 0 bridgehead atoms. The number of nitrogens with one attached hydrogen (secondary N) is 1. The van der Waals surface area contributed by atoms with Gasteiger partial charge in [-0.25, -0.2) is 17.2 Å². The predicted molar refractivity (Wildman–Crippen MR) is 75.7 cm³/mol. The molecule has 0 radical (unpaired) electrons. The smallest absolute Gasteiger partial charge is 0.265 e. The minimum atomic E-state index is -4.27. The van der Waals surface area contributed by atoms with Crippen molar-refractivity contribution in [3.63, 3.8) is 0 Å². The summed E-state index contributed by atoms with van der Waals surface area (Å²) in [5.41, 5.74) is 5.36. The van der Waals surface area contributed by atoms with Crippen molar-refractivity contribution in [2.75, 3.05) is 10.5 Å². The zero-order valence-corrected chi connectivity index (χ0v) is 12.3. The van der Waals surface area contributed by atoms with Crippen molar-refractivity contribution in [1.29, 1.82) is 0 Å². The summed E-state index contributed by atoms with van der Waals surface area (Å²) in [5.74, 6) is -2.79. The molecule has 0 aliphatic carbocycles. The van der Waals surface area contributed by atoms with E-state index in [2.05, 4.69) is 20.7 Å². The molecule has 0 amide bonds. The number of sulfonamides is 1. The summed E-state index contributed by atoms with van der Waals surface area (Å²) < 4.78 is 53.7. The van der Waals surface area contributed by atoms with E-state index in [9.17, 15) is 17.2 Å². The van der Waals surface area contributed by atoms with Crippen LogP contribution in [0.3, 0.4) is 0 Å². The average molecular weight is 363 g/mol.